The van der Waals surface area contributed by atoms with Crippen LogP contribution in [0.5, 0.6) is 0 Å². The van der Waals surface area contributed by atoms with E-state index in [0.717, 1.165) is 18.4 Å². The normalized spacial score (nSPS) is 19.6. The van der Waals surface area contributed by atoms with Crippen molar-refractivity contribution < 1.29 is 13.6 Å². The van der Waals surface area contributed by atoms with Crippen LogP contribution in [0.3, 0.4) is 0 Å². The first kappa shape index (κ1) is 18.3. The maximum absolute atomic E-state index is 13.4. The Kier molecular flexibility index (Phi) is 4.90. The van der Waals surface area contributed by atoms with Gasteiger partial charge in [-0.1, -0.05) is 12.1 Å². The molecule has 1 aliphatic heterocycles. The molecule has 0 saturated carbocycles. The Balaban J connectivity index is 1.50. The van der Waals surface area contributed by atoms with E-state index in [1.54, 1.807) is 17.2 Å². The maximum atomic E-state index is 13.4. The second-order valence-corrected chi connectivity index (χ2v) is 7.46. The second-order valence-electron chi connectivity index (χ2n) is 7.46. The molecule has 1 unspecified atom stereocenters. The van der Waals surface area contributed by atoms with Crippen LogP contribution in [0, 0.1) is 5.82 Å². The SMILES string of the molecule is CC1(c2ncc(Cc3cccc(F)c3)o2)CCCN(C(=O)c2cncnc2)C1. The molecule has 1 aliphatic rings. The number of nitrogens with zero attached hydrogens (tertiary/aromatic N) is 4. The molecule has 2 aromatic heterocycles. The monoisotopic (exact) mass is 380 g/mol. The summed E-state index contributed by atoms with van der Waals surface area (Å²) in [5.41, 5.74) is 0.937. The lowest BCUT2D eigenvalue weighted by Gasteiger charge is -2.38. The van der Waals surface area contributed by atoms with Gasteiger partial charge in [0.25, 0.3) is 5.91 Å². The van der Waals surface area contributed by atoms with Crippen molar-refractivity contribution in [2.24, 2.45) is 0 Å². The van der Waals surface area contributed by atoms with Gasteiger partial charge in [0.1, 0.15) is 17.9 Å². The average molecular weight is 380 g/mol. The Morgan fingerprint density at radius 1 is 1.29 bits per heavy atom. The predicted octanol–water partition coefficient (Wildman–Crippen LogP) is 3.39. The summed E-state index contributed by atoms with van der Waals surface area (Å²) in [4.78, 5) is 26.9. The number of oxazole rings is 1. The highest BCUT2D eigenvalue weighted by Gasteiger charge is 2.38. The van der Waals surface area contributed by atoms with Crippen LogP contribution >= 0.6 is 0 Å². The molecular weight excluding hydrogens is 359 g/mol. The van der Waals surface area contributed by atoms with E-state index in [2.05, 4.69) is 21.9 Å². The van der Waals surface area contributed by atoms with Gasteiger partial charge in [0.05, 0.1) is 17.2 Å². The minimum absolute atomic E-state index is 0.0851. The van der Waals surface area contributed by atoms with E-state index in [1.807, 2.05) is 6.07 Å². The van der Waals surface area contributed by atoms with Gasteiger partial charge in [-0.05, 0) is 37.5 Å². The molecule has 7 heteroatoms. The molecule has 1 saturated heterocycles. The van der Waals surface area contributed by atoms with E-state index in [1.165, 1.54) is 30.9 Å². The zero-order chi connectivity index (χ0) is 19.6. The molecule has 1 atom stereocenters. The number of piperidine rings is 1. The Morgan fingerprint density at radius 3 is 2.89 bits per heavy atom. The summed E-state index contributed by atoms with van der Waals surface area (Å²) in [6.45, 7) is 3.26. The molecule has 0 N–H and O–H groups in total. The van der Waals surface area contributed by atoms with Crippen LogP contribution in [0.25, 0.3) is 0 Å². The van der Waals surface area contributed by atoms with E-state index in [-0.39, 0.29) is 17.1 Å². The van der Waals surface area contributed by atoms with E-state index >= 15 is 0 Å². The molecule has 0 radical (unpaired) electrons. The average Bonchev–Trinajstić information content (AvgIpc) is 3.18. The molecule has 0 spiro atoms. The Labute approximate surface area is 162 Å². The Morgan fingerprint density at radius 2 is 2.11 bits per heavy atom. The van der Waals surface area contributed by atoms with Crippen molar-refractivity contribution >= 4 is 5.91 Å². The van der Waals surface area contributed by atoms with E-state index < -0.39 is 0 Å². The van der Waals surface area contributed by atoms with Gasteiger partial charge in [-0.2, -0.15) is 0 Å². The first-order chi connectivity index (χ1) is 13.5. The molecule has 1 aromatic carbocycles. The van der Waals surface area contributed by atoms with Crippen LogP contribution in [-0.4, -0.2) is 38.8 Å². The van der Waals surface area contributed by atoms with Gasteiger partial charge in [0, 0.05) is 31.9 Å². The number of benzene rings is 1. The minimum Gasteiger partial charge on any atom is -0.445 e. The summed E-state index contributed by atoms with van der Waals surface area (Å²) in [5.74, 6) is 0.941. The molecule has 0 aliphatic carbocycles. The van der Waals surface area contributed by atoms with Crippen molar-refractivity contribution in [3.05, 3.63) is 77.8 Å². The van der Waals surface area contributed by atoms with Crippen LogP contribution in [0.1, 0.15) is 47.3 Å². The van der Waals surface area contributed by atoms with E-state index in [4.69, 9.17) is 4.42 Å². The van der Waals surface area contributed by atoms with Crippen molar-refractivity contribution in [3.63, 3.8) is 0 Å². The fourth-order valence-corrected chi connectivity index (χ4v) is 3.70. The predicted molar refractivity (Wildman–Crippen MR) is 100 cm³/mol. The third kappa shape index (κ3) is 3.78. The van der Waals surface area contributed by atoms with Gasteiger partial charge >= 0.3 is 0 Å². The van der Waals surface area contributed by atoms with Gasteiger partial charge in [-0.15, -0.1) is 0 Å². The highest BCUT2D eigenvalue weighted by molar-refractivity contribution is 5.93. The smallest absolute Gasteiger partial charge is 0.257 e. The number of halogens is 1. The van der Waals surface area contributed by atoms with Gasteiger partial charge in [0.15, 0.2) is 0 Å². The van der Waals surface area contributed by atoms with Crippen LogP contribution < -0.4 is 0 Å². The lowest BCUT2D eigenvalue weighted by molar-refractivity contribution is 0.0625. The summed E-state index contributed by atoms with van der Waals surface area (Å²) in [5, 5.41) is 0. The number of likely N-dealkylation sites (tertiary alicyclic amines) is 1. The van der Waals surface area contributed by atoms with Crippen molar-refractivity contribution in [3.8, 4) is 0 Å². The van der Waals surface area contributed by atoms with Crippen LogP contribution in [0.15, 0.2) is 53.6 Å². The second kappa shape index (κ2) is 7.50. The van der Waals surface area contributed by atoms with Crippen LogP contribution in [0.4, 0.5) is 4.39 Å². The fourth-order valence-electron chi connectivity index (χ4n) is 3.70. The number of amides is 1. The summed E-state index contributed by atoms with van der Waals surface area (Å²) >= 11 is 0. The third-order valence-corrected chi connectivity index (χ3v) is 5.13. The summed E-state index contributed by atoms with van der Waals surface area (Å²) in [7, 11) is 0. The lowest BCUT2D eigenvalue weighted by Crippen LogP contribution is -2.47. The molecule has 1 amide bonds. The highest BCUT2D eigenvalue weighted by atomic mass is 19.1. The standard InChI is InChI=1S/C21H21FN4O2/c1-21(6-3-7-26(13-21)19(27)16-10-23-14-24-11-16)20-25-12-18(28-20)9-15-4-2-5-17(22)8-15/h2,4-5,8,10-12,14H,3,6-7,9,13H2,1H3. The molecule has 4 rings (SSSR count). The van der Waals surface area contributed by atoms with Gasteiger partial charge < -0.3 is 9.32 Å². The number of hydrogen-bond acceptors (Lipinski definition) is 5. The molecule has 3 heterocycles. The van der Waals surface area contributed by atoms with Crippen molar-refractivity contribution in [1.82, 2.24) is 19.9 Å². The number of carbonyl (C=O) groups is 1. The first-order valence-electron chi connectivity index (χ1n) is 9.27. The van der Waals surface area contributed by atoms with Gasteiger partial charge in [-0.3, -0.25) is 4.79 Å². The van der Waals surface area contributed by atoms with Crippen LogP contribution in [0.2, 0.25) is 0 Å². The largest absolute Gasteiger partial charge is 0.445 e. The topological polar surface area (TPSA) is 72.1 Å². The first-order valence-corrected chi connectivity index (χ1v) is 9.27. The number of rotatable bonds is 4. The number of hydrogen-bond donors (Lipinski definition) is 0. The maximum Gasteiger partial charge on any atom is 0.257 e. The van der Waals surface area contributed by atoms with E-state index in [0.29, 0.717) is 36.7 Å². The Hall–Kier alpha value is -3.09. The van der Waals surface area contributed by atoms with Gasteiger partial charge in [0.2, 0.25) is 5.89 Å². The minimum atomic E-state index is -0.371. The Bertz CT molecular complexity index is 975. The molecular formula is C21H21FN4O2. The zero-order valence-electron chi connectivity index (χ0n) is 15.6. The van der Waals surface area contributed by atoms with Crippen molar-refractivity contribution in [2.45, 2.75) is 31.6 Å². The lowest BCUT2D eigenvalue weighted by atomic mass is 9.81. The van der Waals surface area contributed by atoms with Crippen molar-refractivity contribution in [1.29, 1.82) is 0 Å². The third-order valence-electron chi connectivity index (χ3n) is 5.13. The van der Waals surface area contributed by atoms with E-state index in [9.17, 15) is 9.18 Å². The van der Waals surface area contributed by atoms with Crippen LogP contribution in [-0.2, 0) is 11.8 Å². The molecule has 3 aromatic rings. The fraction of sp³-hybridized carbons (Fsp3) is 0.333. The number of aromatic nitrogens is 3. The highest BCUT2D eigenvalue weighted by Crippen LogP contribution is 2.34. The summed E-state index contributed by atoms with van der Waals surface area (Å²) < 4.78 is 19.4. The number of carbonyl (C=O) groups excluding carboxylic acids is 1. The van der Waals surface area contributed by atoms with Crippen molar-refractivity contribution in [2.75, 3.05) is 13.1 Å². The summed E-state index contributed by atoms with van der Waals surface area (Å²) in [6.07, 6.45) is 8.37. The zero-order valence-corrected chi connectivity index (χ0v) is 15.6. The molecule has 28 heavy (non-hydrogen) atoms. The molecule has 0 bridgehead atoms. The molecule has 6 nitrogen and oxygen atoms in total. The molecule has 144 valence electrons. The quantitative estimate of drug-likeness (QED) is 0.694. The molecule has 1 fully saturated rings. The van der Waals surface area contributed by atoms with Gasteiger partial charge in [-0.25, -0.2) is 19.3 Å². The summed E-state index contributed by atoms with van der Waals surface area (Å²) in [6, 6.07) is 6.45.